The fourth-order valence-corrected chi connectivity index (χ4v) is 4.39. The zero-order valence-electron chi connectivity index (χ0n) is 17.7. The molecule has 2 aromatic carbocycles. The van der Waals surface area contributed by atoms with Crippen molar-refractivity contribution >= 4 is 16.6 Å². The van der Waals surface area contributed by atoms with Crippen LogP contribution in [-0.2, 0) is 13.6 Å². The van der Waals surface area contributed by atoms with Crippen molar-refractivity contribution in [3.8, 4) is 11.5 Å². The molecule has 0 N–H and O–H groups in total. The summed E-state index contributed by atoms with van der Waals surface area (Å²) in [7, 11) is 6.18. The third-order valence-electron chi connectivity index (χ3n) is 6.07. The van der Waals surface area contributed by atoms with Gasteiger partial charge in [-0.2, -0.15) is 0 Å². The third-order valence-corrected chi connectivity index (χ3v) is 6.07. The summed E-state index contributed by atoms with van der Waals surface area (Å²) in [6.07, 6.45) is 3.30. The molecule has 30 heavy (non-hydrogen) atoms. The summed E-state index contributed by atoms with van der Waals surface area (Å²) in [5.41, 5.74) is 4.77. The predicted octanol–water partition coefficient (Wildman–Crippen LogP) is 4.28. The quantitative estimate of drug-likeness (QED) is 0.499. The molecule has 1 atom stereocenters. The largest absolute Gasteiger partial charge is 0.420 e. The number of aryl methyl sites for hydroxylation is 1. The van der Waals surface area contributed by atoms with E-state index in [-0.39, 0.29) is 0 Å². The van der Waals surface area contributed by atoms with Gasteiger partial charge in [0.15, 0.2) is 0 Å². The van der Waals surface area contributed by atoms with E-state index in [1.54, 1.807) is 0 Å². The summed E-state index contributed by atoms with van der Waals surface area (Å²) in [6.45, 7) is 2.94. The van der Waals surface area contributed by atoms with Crippen LogP contribution in [-0.4, -0.2) is 46.8 Å². The number of hydrogen-bond acceptors (Lipinski definition) is 5. The Bertz CT molecular complexity index is 1160. The molecule has 0 bridgehead atoms. The molecule has 5 rings (SSSR count). The first kappa shape index (κ1) is 18.9. The number of fused-ring (bicyclic) bond motifs is 1. The maximum absolute atomic E-state index is 6.06. The Morgan fingerprint density at radius 3 is 2.67 bits per heavy atom. The van der Waals surface area contributed by atoms with Gasteiger partial charge in [0.05, 0.1) is 5.92 Å². The summed E-state index contributed by atoms with van der Waals surface area (Å²) < 4.78 is 8.27. The van der Waals surface area contributed by atoms with E-state index in [0.717, 1.165) is 43.2 Å². The Labute approximate surface area is 176 Å². The normalized spacial score (nSPS) is 17.1. The molecule has 4 aromatic rings. The van der Waals surface area contributed by atoms with Crippen LogP contribution in [0.1, 0.15) is 23.8 Å². The van der Waals surface area contributed by atoms with Gasteiger partial charge in [0.25, 0.3) is 0 Å². The average molecular weight is 402 g/mol. The first-order valence-corrected chi connectivity index (χ1v) is 10.4. The Balaban J connectivity index is 1.28. The van der Waals surface area contributed by atoms with Crippen LogP contribution in [0.25, 0.3) is 22.4 Å². The Kier molecular flexibility index (Phi) is 4.79. The molecule has 6 heteroatoms. The number of hydrogen-bond donors (Lipinski definition) is 0. The van der Waals surface area contributed by atoms with Crippen molar-refractivity contribution in [3.63, 3.8) is 0 Å². The van der Waals surface area contributed by atoms with Crippen molar-refractivity contribution in [3.05, 3.63) is 66.2 Å². The molecule has 0 spiro atoms. The highest BCUT2D eigenvalue weighted by Gasteiger charge is 2.29. The number of rotatable bonds is 5. The van der Waals surface area contributed by atoms with Crippen LogP contribution in [0.4, 0.5) is 5.69 Å². The lowest BCUT2D eigenvalue weighted by atomic mass is 10.1. The molecule has 0 amide bonds. The fraction of sp³-hybridized carbons (Fsp3) is 0.333. The van der Waals surface area contributed by atoms with Gasteiger partial charge in [-0.25, -0.2) is 0 Å². The van der Waals surface area contributed by atoms with E-state index in [1.165, 1.54) is 16.5 Å². The molecule has 6 nitrogen and oxygen atoms in total. The first-order chi connectivity index (χ1) is 14.6. The number of anilines is 1. The van der Waals surface area contributed by atoms with Crippen molar-refractivity contribution in [1.82, 2.24) is 19.7 Å². The lowest BCUT2D eigenvalue weighted by molar-refractivity contribution is 0.321. The number of likely N-dealkylation sites (tertiary alicyclic amines) is 1. The molecular formula is C24H27N5O. The van der Waals surface area contributed by atoms with Crippen LogP contribution >= 0.6 is 0 Å². The van der Waals surface area contributed by atoms with Gasteiger partial charge in [-0.1, -0.05) is 18.2 Å². The van der Waals surface area contributed by atoms with Crippen LogP contribution < -0.4 is 4.90 Å². The maximum atomic E-state index is 6.06. The van der Waals surface area contributed by atoms with E-state index in [4.69, 9.17) is 4.42 Å². The van der Waals surface area contributed by atoms with Crippen molar-refractivity contribution < 1.29 is 4.42 Å². The van der Waals surface area contributed by atoms with Gasteiger partial charge < -0.3 is 13.9 Å². The van der Waals surface area contributed by atoms with Gasteiger partial charge >= 0.3 is 0 Å². The SMILES string of the molecule is CN(C)c1ccc(-c2nnc(C3CCN(Cc4cn(C)c5ccccc45)C3)o2)cc1. The molecule has 154 valence electrons. The summed E-state index contributed by atoms with van der Waals surface area (Å²) in [5.74, 6) is 1.65. The second-order valence-electron chi connectivity index (χ2n) is 8.39. The molecule has 1 fully saturated rings. The van der Waals surface area contributed by atoms with E-state index < -0.39 is 0 Å². The molecule has 1 aliphatic rings. The standard InChI is InChI=1S/C24H27N5O/c1-27(2)20-10-8-17(9-11-20)23-25-26-24(30-23)18-12-13-29(15-18)16-19-14-28(3)22-7-5-4-6-21(19)22/h4-11,14,18H,12-13,15-16H2,1-3H3. The Morgan fingerprint density at radius 2 is 1.87 bits per heavy atom. The lowest BCUT2D eigenvalue weighted by Gasteiger charge is -2.14. The number of para-hydroxylation sites is 1. The summed E-state index contributed by atoms with van der Waals surface area (Å²) in [6, 6.07) is 16.8. The molecule has 1 aliphatic heterocycles. The molecule has 0 radical (unpaired) electrons. The van der Waals surface area contributed by atoms with E-state index in [0.29, 0.717) is 11.8 Å². The van der Waals surface area contributed by atoms with Crippen molar-refractivity contribution in [2.45, 2.75) is 18.9 Å². The summed E-state index contributed by atoms with van der Waals surface area (Å²) in [4.78, 5) is 4.56. The zero-order valence-corrected chi connectivity index (χ0v) is 17.7. The van der Waals surface area contributed by atoms with Gasteiger partial charge in [-0.05, 0) is 48.9 Å². The first-order valence-electron chi connectivity index (χ1n) is 10.4. The van der Waals surface area contributed by atoms with Gasteiger partial charge in [0.1, 0.15) is 0 Å². The molecule has 1 saturated heterocycles. The predicted molar refractivity (Wildman–Crippen MR) is 120 cm³/mol. The maximum Gasteiger partial charge on any atom is 0.247 e. The average Bonchev–Trinajstić information content (AvgIpc) is 3.48. The summed E-state index contributed by atoms with van der Waals surface area (Å²) >= 11 is 0. The van der Waals surface area contributed by atoms with Crippen molar-refractivity contribution in [2.24, 2.45) is 7.05 Å². The second-order valence-corrected chi connectivity index (χ2v) is 8.39. The number of aromatic nitrogens is 3. The highest BCUT2D eigenvalue weighted by Crippen LogP contribution is 2.31. The van der Waals surface area contributed by atoms with Crippen LogP contribution in [0.3, 0.4) is 0 Å². The van der Waals surface area contributed by atoms with E-state index in [9.17, 15) is 0 Å². The summed E-state index contributed by atoms with van der Waals surface area (Å²) in [5, 5.41) is 10.0. The van der Waals surface area contributed by atoms with E-state index >= 15 is 0 Å². The van der Waals surface area contributed by atoms with Crippen molar-refractivity contribution in [2.75, 3.05) is 32.1 Å². The number of nitrogens with zero attached hydrogens (tertiary/aromatic N) is 5. The fourth-order valence-electron chi connectivity index (χ4n) is 4.39. The van der Waals surface area contributed by atoms with E-state index in [2.05, 4.69) is 74.2 Å². The van der Waals surface area contributed by atoms with E-state index in [1.807, 2.05) is 26.2 Å². The van der Waals surface area contributed by atoms with Crippen LogP contribution in [0.5, 0.6) is 0 Å². The van der Waals surface area contributed by atoms with Gasteiger partial charge in [-0.3, -0.25) is 4.90 Å². The van der Waals surface area contributed by atoms with Crippen LogP contribution in [0.2, 0.25) is 0 Å². The molecule has 1 unspecified atom stereocenters. The highest BCUT2D eigenvalue weighted by molar-refractivity contribution is 5.83. The minimum atomic E-state index is 0.294. The molecular weight excluding hydrogens is 374 g/mol. The smallest absolute Gasteiger partial charge is 0.247 e. The molecule has 3 heterocycles. The van der Waals surface area contributed by atoms with Crippen LogP contribution in [0.15, 0.2) is 59.1 Å². The second kappa shape index (κ2) is 7.61. The third kappa shape index (κ3) is 3.48. The number of benzene rings is 2. The lowest BCUT2D eigenvalue weighted by Crippen LogP contribution is -2.19. The Morgan fingerprint density at radius 1 is 1.07 bits per heavy atom. The van der Waals surface area contributed by atoms with Gasteiger partial charge in [0, 0.05) is 62.6 Å². The van der Waals surface area contributed by atoms with Crippen LogP contribution in [0, 0.1) is 0 Å². The molecule has 0 saturated carbocycles. The topological polar surface area (TPSA) is 50.3 Å². The molecule has 2 aromatic heterocycles. The van der Waals surface area contributed by atoms with Gasteiger partial charge in [-0.15, -0.1) is 10.2 Å². The van der Waals surface area contributed by atoms with Crippen molar-refractivity contribution in [1.29, 1.82) is 0 Å². The minimum absolute atomic E-state index is 0.294. The monoisotopic (exact) mass is 401 g/mol. The Hall–Kier alpha value is -3.12. The van der Waals surface area contributed by atoms with Gasteiger partial charge in [0.2, 0.25) is 11.8 Å². The zero-order chi connectivity index (χ0) is 20.7. The molecule has 0 aliphatic carbocycles. The highest BCUT2D eigenvalue weighted by atomic mass is 16.4. The minimum Gasteiger partial charge on any atom is -0.420 e.